The summed E-state index contributed by atoms with van der Waals surface area (Å²) in [5.41, 5.74) is 0. The minimum atomic E-state index is -1.70. The first-order valence-electron chi connectivity index (χ1n) is 5.16. The Bertz CT molecular complexity index is 254. The van der Waals surface area contributed by atoms with Crippen LogP contribution < -0.4 is 0 Å². The van der Waals surface area contributed by atoms with Crippen molar-refractivity contribution >= 4 is 6.29 Å². The number of nitrogens with zero attached hydrogens (tertiary/aromatic N) is 1. The summed E-state index contributed by atoms with van der Waals surface area (Å²) in [7, 11) is 3.24. The highest BCUT2D eigenvalue weighted by atomic mass is 16.6. The van der Waals surface area contributed by atoms with Gasteiger partial charge in [-0.1, -0.05) is 12.2 Å². The highest BCUT2D eigenvalue weighted by Crippen LogP contribution is 2.31. The summed E-state index contributed by atoms with van der Waals surface area (Å²) in [6, 6.07) is -0.295. The maximum Gasteiger partial charge on any atom is 0.239 e. The van der Waals surface area contributed by atoms with E-state index in [-0.39, 0.29) is 12.0 Å². The molecule has 0 amide bonds. The molecule has 1 heterocycles. The Morgan fingerprint density at radius 3 is 2.73 bits per heavy atom. The number of rotatable bonds is 4. The van der Waals surface area contributed by atoms with Gasteiger partial charge in [0.1, 0.15) is 0 Å². The van der Waals surface area contributed by atoms with Crippen LogP contribution in [-0.4, -0.2) is 48.8 Å². The van der Waals surface area contributed by atoms with Gasteiger partial charge in [-0.25, -0.2) is 0 Å². The number of aldehydes is 1. The Labute approximate surface area is 90.5 Å². The van der Waals surface area contributed by atoms with Crippen LogP contribution >= 0.6 is 0 Å². The number of ether oxygens (including phenoxy) is 1. The third-order valence-electron chi connectivity index (χ3n) is 3.05. The van der Waals surface area contributed by atoms with Gasteiger partial charge in [-0.3, -0.25) is 9.69 Å². The summed E-state index contributed by atoms with van der Waals surface area (Å²) in [4.78, 5) is 12.9. The molecule has 3 atom stereocenters. The number of hydrogen-bond donors (Lipinski definition) is 1. The van der Waals surface area contributed by atoms with Crippen LogP contribution in [0.1, 0.15) is 13.3 Å². The SMILES string of the molecule is C/C=C\C1CCN(C)C1C(O)(C=O)OC. The van der Waals surface area contributed by atoms with Crippen molar-refractivity contribution < 1.29 is 14.6 Å². The van der Waals surface area contributed by atoms with Gasteiger partial charge in [0.15, 0.2) is 6.29 Å². The van der Waals surface area contributed by atoms with Gasteiger partial charge in [0, 0.05) is 7.11 Å². The average Bonchev–Trinajstić information content (AvgIpc) is 2.60. The van der Waals surface area contributed by atoms with Crippen molar-refractivity contribution in [2.45, 2.75) is 25.2 Å². The lowest BCUT2D eigenvalue weighted by molar-refractivity contribution is -0.207. The summed E-state index contributed by atoms with van der Waals surface area (Å²) in [6.45, 7) is 2.79. The summed E-state index contributed by atoms with van der Waals surface area (Å²) in [5, 5.41) is 10.0. The van der Waals surface area contributed by atoms with Crippen LogP contribution in [0.3, 0.4) is 0 Å². The molecule has 0 saturated carbocycles. The molecule has 0 radical (unpaired) electrons. The summed E-state index contributed by atoms with van der Waals surface area (Å²) in [5.74, 6) is -1.54. The molecule has 15 heavy (non-hydrogen) atoms. The lowest BCUT2D eigenvalue weighted by atomic mass is 9.93. The molecule has 1 N–H and O–H groups in total. The molecule has 1 fully saturated rings. The molecule has 0 aromatic carbocycles. The molecule has 86 valence electrons. The molecule has 1 aliphatic heterocycles. The van der Waals surface area contributed by atoms with Crippen molar-refractivity contribution in [2.75, 3.05) is 20.7 Å². The predicted octanol–water partition coefficient (Wildman–Crippen LogP) is 0.417. The Kier molecular flexibility index (Phi) is 4.02. The Morgan fingerprint density at radius 2 is 2.27 bits per heavy atom. The zero-order valence-electron chi connectivity index (χ0n) is 9.51. The van der Waals surface area contributed by atoms with Crippen molar-refractivity contribution in [3.63, 3.8) is 0 Å². The molecule has 0 aromatic rings. The number of carbonyl (C=O) groups excluding carboxylic acids is 1. The third kappa shape index (κ3) is 2.27. The molecule has 1 saturated heterocycles. The molecule has 4 nitrogen and oxygen atoms in total. The fourth-order valence-corrected chi connectivity index (χ4v) is 2.29. The quantitative estimate of drug-likeness (QED) is 0.417. The number of aliphatic hydroxyl groups is 1. The minimum Gasteiger partial charge on any atom is -0.359 e. The molecule has 3 unspecified atom stereocenters. The zero-order chi connectivity index (χ0) is 11.5. The molecular formula is C11H19NO3. The summed E-state index contributed by atoms with van der Waals surface area (Å²) in [6.07, 6.45) is 5.38. The normalized spacial score (nSPS) is 32.0. The Balaban J connectivity index is 2.92. The average molecular weight is 213 g/mol. The fourth-order valence-electron chi connectivity index (χ4n) is 2.29. The van der Waals surface area contributed by atoms with Crippen LogP contribution in [0.2, 0.25) is 0 Å². The molecule has 0 aliphatic carbocycles. The van der Waals surface area contributed by atoms with Crippen LogP contribution in [0.4, 0.5) is 0 Å². The highest BCUT2D eigenvalue weighted by molar-refractivity contribution is 5.61. The second kappa shape index (κ2) is 4.88. The van der Waals surface area contributed by atoms with Crippen molar-refractivity contribution in [3.8, 4) is 0 Å². The van der Waals surface area contributed by atoms with Crippen molar-refractivity contribution in [1.29, 1.82) is 0 Å². The predicted molar refractivity (Wildman–Crippen MR) is 57.4 cm³/mol. The van der Waals surface area contributed by atoms with Gasteiger partial charge in [-0.05, 0) is 32.9 Å². The number of methoxy groups -OCH3 is 1. The largest absolute Gasteiger partial charge is 0.359 e. The first-order valence-corrected chi connectivity index (χ1v) is 5.16. The topological polar surface area (TPSA) is 49.8 Å². The Morgan fingerprint density at radius 1 is 1.60 bits per heavy atom. The molecule has 0 spiro atoms. The van der Waals surface area contributed by atoms with E-state index in [4.69, 9.17) is 4.74 Å². The second-order valence-electron chi connectivity index (χ2n) is 3.98. The standard InChI is InChI=1S/C11H19NO3/c1-4-5-9-6-7-12(2)10(9)11(14,8-13)15-3/h4-5,8-10,14H,6-7H2,1-3H3/b5-4-. The fraction of sp³-hybridized carbons (Fsp3) is 0.727. The molecule has 0 aromatic heterocycles. The number of carbonyl (C=O) groups is 1. The molecule has 4 heteroatoms. The van der Waals surface area contributed by atoms with Crippen molar-refractivity contribution in [1.82, 2.24) is 4.90 Å². The van der Waals surface area contributed by atoms with Gasteiger partial charge < -0.3 is 9.84 Å². The van der Waals surface area contributed by atoms with E-state index in [0.29, 0.717) is 6.29 Å². The van der Waals surface area contributed by atoms with E-state index in [1.54, 1.807) is 0 Å². The Hall–Kier alpha value is -0.710. The van der Waals surface area contributed by atoms with E-state index in [2.05, 4.69) is 0 Å². The monoisotopic (exact) mass is 213 g/mol. The summed E-state index contributed by atoms with van der Waals surface area (Å²) < 4.78 is 4.93. The van der Waals surface area contributed by atoms with E-state index >= 15 is 0 Å². The van der Waals surface area contributed by atoms with Crippen LogP contribution in [0.25, 0.3) is 0 Å². The maximum atomic E-state index is 10.9. The van der Waals surface area contributed by atoms with Crippen LogP contribution in [0.15, 0.2) is 12.2 Å². The van der Waals surface area contributed by atoms with Gasteiger partial charge in [0.2, 0.25) is 5.79 Å². The van der Waals surface area contributed by atoms with E-state index < -0.39 is 5.79 Å². The van der Waals surface area contributed by atoms with Crippen molar-refractivity contribution in [2.24, 2.45) is 5.92 Å². The lowest BCUT2D eigenvalue weighted by Gasteiger charge is -2.34. The molecule has 1 aliphatic rings. The molecular weight excluding hydrogens is 194 g/mol. The smallest absolute Gasteiger partial charge is 0.239 e. The molecule has 1 rings (SSSR count). The van der Waals surface area contributed by atoms with Gasteiger partial charge in [0.25, 0.3) is 0 Å². The van der Waals surface area contributed by atoms with Gasteiger partial charge in [-0.15, -0.1) is 0 Å². The van der Waals surface area contributed by atoms with E-state index in [0.717, 1.165) is 13.0 Å². The first-order chi connectivity index (χ1) is 7.09. The second-order valence-corrected chi connectivity index (χ2v) is 3.98. The van der Waals surface area contributed by atoms with Crippen LogP contribution in [0, 0.1) is 5.92 Å². The number of hydrogen-bond acceptors (Lipinski definition) is 4. The minimum absolute atomic E-state index is 0.162. The maximum absolute atomic E-state index is 10.9. The van der Waals surface area contributed by atoms with E-state index in [1.165, 1.54) is 7.11 Å². The van der Waals surface area contributed by atoms with Gasteiger partial charge in [-0.2, -0.15) is 0 Å². The van der Waals surface area contributed by atoms with Crippen molar-refractivity contribution in [3.05, 3.63) is 12.2 Å². The number of likely N-dealkylation sites (tertiary alicyclic amines) is 1. The highest BCUT2D eigenvalue weighted by Gasteiger charge is 2.46. The van der Waals surface area contributed by atoms with E-state index in [9.17, 15) is 9.90 Å². The van der Waals surface area contributed by atoms with Crippen LogP contribution in [-0.2, 0) is 9.53 Å². The van der Waals surface area contributed by atoms with Gasteiger partial charge in [0.05, 0.1) is 6.04 Å². The van der Waals surface area contributed by atoms with E-state index in [1.807, 2.05) is 31.0 Å². The number of likely N-dealkylation sites (N-methyl/N-ethyl adjacent to an activating group) is 1. The van der Waals surface area contributed by atoms with Crippen LogP contribution in [0.5, 0.6) is 0 Å². The number of allylic oxidation sites excluding steroid dienone is 1. The summed E-state index contributed by atoms with van der Waals surface area (Å²) >= 11 is 0. The molecule has 0 bridgehead atoms. The zero-order valence-corrected chi connectivity index (χ0v) is 9.51. The first kappa shape index (κ1) is 12.4. The third-order valence-corrected chi connectivity index (χ3v) is 3.05. The lowest BCUT2D eigenvalue weighted by Crippen LogP contribution is -2.53. The van der Waals surface area contributed by atoms with Gasteiger partial charge >= 0.3 is 0 Å².